The van der Waals surface area contributed by atoms with Gasteiger partial charge in [-0.3, -0.25) is 0 Å². The highest BCUT2D eigenvalue weighted by Gasteiger charge is 2.19. The molecule has 0 aliphatic rings. The van der Waals surface area contributed by atoms with Crippen molar-refractivity contribution >= 4 is 23.0 Å². The first-order valence-electron chi connectivity index (χ1n) is 8.51. The number of hydrogen-bond acceptors (Lipinski definition) is 6. The summed E-state index contributed by atoms with van der Waals surface area (Å²) in [6, 6.07) is 4.52. The Bertz CT molecular complexity index is 1240. The van der Waals surface area contributed by atoms with Crippen molar-refractivity contribution in [2.45, 2.75) is 13.0 Å². The quantitative estimate of drug-likeness (QED) is 0.513. The number of benzene rings is 1. The summed E-state index contributed by atoms with van der Waals surface area (Å²) < 4.78 is 29.2. The van der Waals surface area contributed by atoms with Crippen LogP contribution in [-0.4, -0.2) is 24.6 Å². The van der Waals surface area contributed by atoms with Gasteiger partial charge in [0.15, 0.2) is 5.65 Å². The summed E-state index contributed by atoms with van der Waals surface area (Å²) in [5.41, 5.74) is 7.64. The fourth-order valence-electron chi connectivity index (χ4n) is 3.01. The maximum absolute atomic E-state index is 13.8. The third-order valence-electron chi connectivity index (χ3n) is 4.33. The molecule has 8 nitrogen and oxygen atoms in total. The molecule has 10 heteroatoms. The molecule has 0 amide bonds. The van der Waals surface area contributed by atoms with E-state index >= 15 is 0 Å². The lowest BCUT2D eigenvalue weighted by Crippen LogP contribution is -2.12. The van der Waals surface area contributed by atoms with Crippen LogP contribution in [0.1, 0.15) is 18.5 Å². The van der Waals surface area contributed by atoms with Gasteiger partial charge in [0.2, 0.25) is 0 Å². The van der Waals surface area contributed by atoms with Gasteiger partial charge in [0.05, 0.1) is 18.3 Å². The van der Waals surface area contributed by atoms with Crippen molar-refractivity contribution in [3.8, 4) is 11.3 Å². The van der Waals surface area contributed by atoms with Crippen molar-refractivity contribution < 1.29 is 8.78 Å². The average molecular weight is 392 g/mol. The van der Waals surface area contributed by atoms with Gasteiger partial charge in [-0.05, 0) is 25.1 Å². The van der Waals surface area contributed by atoms with Crippen LogP contribution in [-0.2, 0) is 0 Å². The molecule has 0 radical (unpaired) electrons. The Labute approximate surface area is 163 Å². The highest BCUT2D eigenvalue weighted by Crippen LogP contribution is 2.33. The molecule has 4 aromatic rings. The number of rotatable bonds is 4. The molecule has 0 saturated heterocycles. The van der Waals surface area contributed by atoms with Gasteiger partial charge in [0.1, 0.15) is 29.6 Å². The Morgan fingerprint density at radius 1 is 1.14 bits per heavy atom. The van der Waals surface area contributed by atoms with Crippen LogP contribution in [0.5, 0.6) is 0 Å². The third-order valence-corrected chi connectivity index (χ3v) is 4.33. The molecule has 4 rings (SSSR count). The molecule has 1 aromatic carbocycles. The van der Waals surface area contributed by atoms with E-state index in [0.29, 0.717) is 16.9 Å². The van der Waals surface area contributed by atoms with Gasteiger partial charge in [-0.1, -0.05) is 0 Å². The van der Waals surface area contributed by atoms with Crippen LogP contribution >= 0.6 is 0 Å². The van der Waals surface area contributed by atoms with Gasteiger partial charge in [0.25, 0.3) is 5.69 Å². The summed E-state index contributed by atoms with van der Waals surface area (Å²) in [5, 5.41) is 7.58. The van der Waals surface area contributed by atoms with Crippen molar-refractivity contribution in [2.75, 3.05) is 11.1 Å². The van der Waals surface area contributed by atoms with Crippen molar-refractivity contribution in [2.24, 2.45) is 0 Å². The highest BCUT2D eigenvalue weighted by atomic mass is 19.1. The van der Waals surface area contributed by atoms with Gasteiger partial charge in [0, 0.05) is 29.6 Å². The molecule has 29 heavy (non-hydrogen) atoms. The van der Waals surface area contributed by atoms with E-state index in [2.05, 4.69) is 30.2 Å². The van der Waals surface area contributed by atoms with Crippen LogP contribution < -0.4 is 11.1 Å². The zero-order chi connectivity index (χ0) is 20.5. The second-order valence-electron chi connectivity index (χ2n) is 6.27. The molecular formula is C19H14F2N8. The molecule has 0 aliphatic heterocycles. The summed E-state index contributed by atoms with van der Waals surface area (Å²) in [6.07, 6.45) is 4.46. The van der Waals surface area contributed by atoms with E-state index in [1.807, 2.05) is 6.92 Å². The van der Waals surface area contributed by atoms with E-state index in [4.69, 9.17) is 12.3 Å². The molecule has 0 unspecified atom stereocenters. The summed E-state index contributed by atoms with van der Waals surface area (Å²) in [7, 11) is 0. The van der Waals surface area contributed by atoms with E-state index in [-0.39, 0.29) is 22.9 Å². The number of nitrogens with zero attached hydrogens (tertiary/aromatic N) is 6. The van der Waals surface area contributed by atoms with Crippen LogP contribution in [0.3, 0.4) is 0 Å². The van der Waals surface area contributed by atoms with Gasteiger partial charge in [-0.2, -0.15) is 5.10 Å². The number of halogens is 2. The van der Waals surface area contributed by atoms with E-state index in [1.54, 1.807) is 18.5 Å². The molecule has 3 aromatic heterocycles. The van der Waals surface area contributed by atoms with E-state index in [1.165, 1.54) is 23.0 Å². The third kappa shape index (κ3) is 3.41. The van der Waals surface area contributed by atoms with Crippen molar-refractivity contribution in [1.29, 1.82) is 0 Å². The molecule has 0 bridgehead atoms. The number of hydrogen-bond donors (Lipinski definition) is 2. The Morgan fingerprint density at radius 3 is 2.62 bits per heavy atom. The van der Waals surface area contributed by atoms with E-state index in [9.17, 15) is 8.78 Å². The maximum atomic E-state index is 13.8. The maximum Gasteiger partial charge on any atom is 0.268 e. The summed E-state index contributed by atoms with van der Waals surface area (Å²) in [5.74, 6) is -1.12. The number of anilines is 2. The monoisotopic (exact) mass is 392 g/mol. The predicted molar refractivity (Wildman–Crippen MR) is 103 cm³/mol. The van der Waals surface area contributed by atoms with Crippen LogP contribution in [0.15, 0.2) is 43.0 Å². The van der Waals surface area contributed by atoms with E-state index in [0.717, 1.165) is 6.07 Å². The van der Waals surface area contributed by atoms with Crippen LogP contribution in [0, 0.1) is 18.2 Å². The predicted octanol–water partition coefficient (Wildman–Crippen LogP) is 3.77. The van der Waals surface area contributed by atoms with Gasteiger partial charge in [-0.25, -0.2) is 33.1 Å². The molecule has 1 atom stereocenters. The zero-order valence-corrected chi connectivity index (χ0v) is 15.1. The second-order valence-corrected chi connectivity index (χ2v) is 6.27. The SMILES string of the molecule is [C-]#[N+]c1c(N)ncnc1N[C@@H](C)c1cc2nccn2nc1-c1cc(F)cc(F)c1. The lowest BCUT2D eigenvalue weighted by Gasteiger charge is -2.19. The molecule has 0 fully saturated rings. The van der Waals surface area contributed by atoms with Crippen molar-refractivity contribution in [3.63, 3.8) is 0 Å². The lowest BCUT2D eigenvalue weighted by atomic mass is 10.0. The largest absolute Gasteiger partial charge is 0.392 e. The second kappa shape index (κ2) is 7.12. The molecule has 144 valence electrons. The number of nitrogen functional groups attached to an aromatic ring is 1. The molecule has 0 saturated carbocycles. The Hall–Kier alpha value is -4.13. The first-order chi connectivity index (χ1) is 14.0. The Kier molecular flexibility index (Phi) is 4.48. The molecule has 0 aliphatic carbocycles. The van der Waals surface area contributed by atoms with Crippen LogP contribution in [0.2, 0.25) is 0 Å². The number of nitrogens with one attached hydrogen (secondary N) is 1. The summed E-state index contributed by atoms with van der Waals surface area (Å²) >= 11 is 0. The first kappa shape index (κ1) is 18.2. The normalized spacial score (nSPS) is 11.9. The molecular weight excluding hydrogens is 378 g/mol. The van der Waals surface area contributed by atoms with E-state index < -0.39 is 17.7 Å². The number of fused-ring (bicyclic) bond motifs is 1. The molecule has 3 heterocycles. The topological polar surface area (TPSA) is 98.4 Å². The number of nitrogens with two attached hydrogens (primary N) is 1. The van der Waals surface area contributed by atoms with Gasteiger partial charge < -0.3 is 11.1 Å². The first-order valence-corrected chi connectivity index (χ1v) is 8.51. The summed E-state index contributed by atoms with van der Waals surface area (Å²) in [4.78, 5) is 15.5. The minimum Gasteiger partial charge on any atom is -0.392 e. The van der Waals surface area contributed by atoms with Crippen LogP contribution in [0.25, 0.3) is 21.7 Å². The smallest absolute Gasteiger partial charge is 0.268 e. The van der Waals surface area contributed by atoms with Crippen molar-refractivity contribution in [1.82, 2.24) is 24.6 Å². The van der Waals surface area contributed by atoms with Crippen molar-refractivity contribution in [3.05, 3.63) is 71.6 Å². The minimum atomic E-state index is -0.710. The average Bonchev–Trinajstić information content (AvgIpc) is 3.14. The fourth-order valence-corrected chi connectivity index (χ4v) is 3.01. The molecule has 0 spiro atoms. The zero-order valence-electron chi connectivity index (χ0n) is 15.1. The highest BCUT2D eigenvalue weighted by molar-refractivity contribution is 5.77. The van der Waals surface area contributed by atoms with Crippen LogP contribution in [0.4, 0.5) is 26.1 Å². The molecule has 3 N–H and O–H groups in total. The fraction of sp³-hybridized carbons (Fsp3) is 0.105. The Balaban J connectivity index is 1.84. The minimum absolute atomic E-state index is 0.0546. The van der Waals surface area contributed by atoms with Gasteiger partial charge >= 0.3 is 0 Å². The number of imidazole rings is 1. The van der Waals surface area contributed by atoms with Gasteiger partial charge in [-0.15, -0.1) is 0 Å². The standard InChI is InChI=1S/C19H14F2N8/c1-10(27-19-17(23-2)18(22)25-9-26-19)14-8-15-24-3-4-29(15)28-16(14)11-5-12(20)7-13(21)6-11/h3-10H,1H3,(H3,22,25,26,27)/t10-/m0/s1. The Morgan fingerprint density at radius 2 is 1.90 bits per heavy atom. The lowest BCUT2D eigenvalue weighted by molar-refractivity contribution is 0.584. The summed E-state index contributed by atoms with van der Waals surface area (Å²) in [6.45, 7) is 9.11. The number of aromatic nitrogens is 5.